The molecule has 0 unspecified atom stereocenters. The number of amides is 1. The molecule has 1 aliphatic carbocycles. The summed E-state index contributed by atoms with van der Waals surface area (Å²) in [6, 6.07) is 0.447. The van der Waals surface area contributed by atoms with Crippen LogP contribution in [0.25, 0.3) is 0 Å². The van der Waals surface area contributed by atoms with Crippen molar-refractivity contribution in [2.45, 2.75) is 25.3 Å². The molecule has 2 rings (SSSR count). The first-order chi connectivity index (χ1) is 6.29. The Labute approximate surface area is 76.9 Å². The van der Waals surface area contributed by atoms with E-state index < -0.39 is 0 Å². The molecule has 0 saturated heterocycles. The Balaban J connectivity index is 2.04. The van der Waals surface area contributed by atoms with E-state index in [0.717, 1.165) is 12.8 Å². The minimum atomic E-state index is 0.0680. The molecule has 0 bridgehead atoms. The van der Waals surface area contributed by atoms with E-state index in [9.17, 15) is 4.79 Å². The Hall–Kier alpha value is -1.32. The Morgan fingerprint density at radius 2 is 2.46 bits per heavy atom. The summed E-state index contributed by atoms with van der Waals surface area (Å²) in [6.45, 7) is 0. The molecule has 4 nitrogen and oxygen atoms in total. The van der Waals surface area contributed by atoms with Crippen LogP contribution in [-0.4, -0.2) is 34.1 Å². The van der Waals surface area contributed by atoms with Crippen molar-refractivity contribution in [2.75, 3.05) is 7.05 Å². The molecular formula is C9H13N3O. The highest BCUT2D eigenvalue weighted by Crippen LogP contribution is 2.24. The Kier molecular flexibility index (Phi) is 2.04. The van der Waals surface area contributed by atoms with Gasteiger partial charge in [0.2, 0.25) is 0 Å². The van der Waals surface area contributed by atoms with E-state index in [4.69, 9.17) is 0 Å². The SMILES string of the molecule is CN(C(=O)c1cn[nH]c1)C1CCC1. The first kappa shape index (κ1) is 8.29. The van der Waals surface area contributed by atoms with Gasteiger partial charge >= 0.3 is 0 Å². The molecule has 1 N–H and O–H groups in total. The van der Waals surface area contributed by atoms with Gasteiger partial charge in [-0.3, -0.25) is 9.89 Å². The molecule has 1 aromatic rings. The molecule has 1 heterocycles. The summed E-state index contributed by atoms with van der Waals surface area (Å²) < 4.78 is 0. The van der Waals surface area contributed by atoms with Crippen LogP contribution in [-0.2, 0) is 0 Å². The van der Waals surface area contributed by atoms with Crippen LogP contribution in [0.15, 0.2) is 12.4 Å². The summed E-state index contributed by atoms with van der Waals surface area (Å²) >= 11 is 0. The number of aromatic amines is 1. The van der Waals surface area contributed by atoms with Crippen molar-refractivity contribution in [3.8, 4) is 0 Å². The number of rotatable bonds is 2. The van der Waals surface area contributed by atoms with E-state index in [2.05, 4.69) is 10.2 Å². The van der Waals surface area contributed by atoms with Crippen LogP contribution in [0.3, 0.4) is 0 Å². The molecule has 13 heavy (non-hydrogen) atoms. The van der Waals surface area contributed by atoms with Gasteiger partial charge < -0.3 is 4.90 Å². The quantitative estimate of drug-likeness (QED) is 0.737. The fourth-order valence-corrected chi connectivity index (χ4v) is 1.51. The standard InChI is InChI=1S/C9H13N3O/c1-12(8-3-2-4-8)9(13)7-5-10-11-6-7/h5-6,8H,2-4H2,1H3,(H,10,11). The maximum Gasteiger partial charge on any atom is 0.257 e. The third kappa shape index (κ3) is 1.43. The summed E-state index contributed by atoms with van der Waals surface area (Å²) in [5.41, 5.74) is 0.648. The van der Waals surface area contributed by atoms with Crippen LogP contribution >= 0.6 is 0 Å². The lowest BCUT2D eigenvalue weighted by Gasteiger charge is -2.34. The monoisotopic (exact) mass is 179 g/mol. The number of hydrogen-bond donors (Lipinski definition) is 1. The zero-order valence-corrected chi connectivity index (χ0v) is 7.66. The van der Waals surface area contributed by atoms with Crippen LogP contribution in [0, 0.1) is 0 Å². The first-order valence-electron chi connectivity index (χ1n) is 4.55. The number of nitrogens with zero attached hydrogens (tertiary/aromatic N) is 2. The number of H-pyrrole nitrogens is 1. The molecule has 70 valence electrons. The second-order valence-electron chi connectivity index (χ2n) is 3.49. The Bertz CT molecular complexity index is 290. The summed E-state index contributed by atoms with van der Waals surface area (Å²) in [4.78, 5) is 13.5. The zero-order valence-electron chi connectivity index (χ0n) is 7.66. The van der Waals surface area contributed by atoms with E-state index >= 15 is 0 Å². The van der Waals surface area contributed by atoms with Crippen molar-refractivity contribution in [2.24, 2.45) is 0 Å². The summed E-state index contributed by atoms with van der Waals surface area (Å²) in [7, 11) is 1.86. The van der Waals surface area contributed by atoms with Crippen molar-refractivity contribution in [3.05, 3.63) is 18.0 Å². The van der Waals surface area contributed by atoms with Crippen molar-refractivity contribution < 1.29 is 4.79 Å². The number of aromatic nitrogens is 2. The fraction of sp³-hybridized carbons (Fsp3) is 0.556. The van der Waals surface area contributed by atoms with E-state index in [1.807, 2.05) is 11.9 Å². The molecule has 1 aromatic heterocycles. The molecule has 4 heteroatoms. The summed E-state index contributed by atoms with van der Waals surface area (Å²) in [5.74, 6) is 0.0680. The van der Waals surface area contributed by atoms with Crippen molar-refractivity contribution in [3.63, 3.8) is 0 Å². The zero-order chi connectivity index (χ0) is 9.26. The van der Waals surface area contributed by atoms with E-state index in [1.54, 1.807) is 12.4 Å². The molecule has 1 fully saturated rings. The third-order valence-corrected chi connectivity index (χ3v) is 2.69. The lowest BCUT2D eigenvalue weighted by molar-refractivity contribution is 0.0652. The van der Waals surface area contributed by atoms with Crippen LogP contribution in [0.5, 0.6) is 0 Å². The Morgan fingerprint density at radius 3 is 2.92 bits per heavy atom. The van der Waals surface area contributed by atoms with Crippen LogP contribution in [0.1, 0.15) is 29.6 Å². The van der Waals surface area contributed by atoms with Gasteiger partial charge in [0.05, 0.1) is 11.8 Å². The largest absolute Gasteiger partial charge is 0.339 e. The minimum absolute atomic E-state index is 0.0680. The molecule has 1 aliphatic rings. The molecule has 1 saturated carbocycles. The van der Waals surface area contributed by atoms with Gasteiger partial charge in [0.1, 0.15) is 0 Å². The highest BCUT2D eigenvalue weighted by Gasteiger charge is 2.26. The molecule has 0 aromatic carbocycles. The number of nitrogens with one attached hydrogen (secondary N) is 1. The number of carbonyl (C=O) groups excluding carboxylic acids is 1. The topological polar surface area (TPSA) is 49.0 Å². The van der Waals surface area contributed by atoms with E-state index in [1.165, 1.54) is 6.42 Å². The second kappa shape index (κ2) is 3.20. The fourth-order valence-electron chi connectivity index (χ4n) is 1.51. The lowest BCUT2D eigenvalue weighted by atomic mass is 9.91. The van der Waals surface area contributed by atoms with Gasteiger partial charge in [0.15, 0.2) is 0 Å². The van der Waals surface area contributed by atoms with E-state index in [-0.39, 0.29) is 5.91 Å². The third-order valence-electron chi connectivity index (χ3n) is 2.69. The molecule has 0 atom stereocenters. The molecule has 0 aliphatic heterocycles. The molecule has 0 spiro atoms. The first-order valence-corrected chi connectivity index (χ1v) is 4.55. The average molecular weight is 179 g/mol. The van der Waals surface area contributed by atoms with Gasteiger partial charge in [0.25, 0.3) is 5.91 Å². The van der Waals surface area contributed by atoms with Crippen molar-refractivity contribution in [1.29, 1.82) is 0 Å². The lowest BCUT2D eigenvalue weighted by Crippen LogP contribution is -2.41. The van der Waals surface area contributed by atoms with Crippen LogP contribution in [0.4, 0.5) is 0 Å². The average Bonchev–Trinajstić information content (AvgIpc) is 2.51. The van der Waals surface area contributed by atoms with E-state index in [0.29, 0.717) is 11.6 Å². The molecule has 0 radical (unpaired) electrons. The second-order valence-corrected chi connectivity index (χ2v) is 3.49. The molecular weight excluding hydrogens is 166 g/mol. The normalized spacial score (nSPS) is 16.7. The van der Waals surface area contributed by atoms with Gasteiger partial charge in [-0.25, -0.2) is 0 Å². The highest BCUT2D eigenvalue weighted by molar-refractivity contribution is 5.93. The van der Waals surface area contributed by atoms with Gasteiger partial charge in [-0.05, 0) is 19.3 Å². The minimum Gasteiger partial charge on any atom is -0.339 e. The smallest absolute Gasteiger partial charge is 0.257 e. The highest BCUT2D eigenvalue weighted by atomic mass is 16.2. The summed E-state index contributed by atoms with van der Waals surface area (Å²) in [5, 5.41) is 6.40. The van der Waals surface area contributed by atoms with Gasteiger partial charge in [0, 0.05) is 19.3 Å². The maximum absolute atomic E-state index is 11.7. The van der Waals surface area contributed by atoms with Crippen molar-refractivity contribution >= 4 is 5.91 Å². The number of carbonyl (C=O) groups is 1. The van der Waals surface area contributed by atoms with Crippen LogP contribution in [0.2, 0.25) is 0 Å². The predicted molar refractivity (Wildman–Crippen MR) is 48.3 cm³/mol. The van der Waals surface area contributed by atoms with Crippen LogP contribution < -0.4 is 0 Å². The maximum atomic E-state index is 11.7. The van der Waals surface area contributed by atoms with Gasteiger partial charge in [-0.15, -0.1) is 0 Å². The molecule has 1 amide bonds. The van der Waals surface area contributed by atoms with Gasteiger partial charge in [-0.2, -0.15) is 5.10 Å². The van der Waals surface area contributed by atoms with Gasteiger partial charge in [-0.1, -0.05) is 0 Å². The predicted octanol–water partition coefficient (Wildman–Crippen LogP) is 1.03. The van der Waals surface area contributed by atoms with Crippen molar-refractivity contribution in [1.82, 2.24) is 15.1 Å². The summed E-state index contributed by atoms with van der Waals surface area (Å²) in [6.07, 6.45) is 6.73. The Morgan fingerprint density at radius 1 is 1.69 bits per heavy atom. The number of hydrogen-bond acceptors (Lipinski definition) is 2.